The van der Waals surface area contributed by atoms with Gasteiger partial charge in [0.05, 0.1) is 52.2 Å². The van der Waals surface area contributed by atoms with Crippen LogP contribution in [0.4, 0.5) is 14.5 Å². The van der Waals surface area contributed by atoms with E-state index in [0.29, 0.717) is 25.2 Å². The van der Waals surface area contributed by atoms with Crippen LogP contribution in [0.5, 0.6) is 0 Å². The van der Waals surface area contributed by atoms with E-state index >= 15 is 4.39 Å². The van der Waals surface area contributed by atoms with Gasteiger partial charge in [0.1, 0.15) is 42.7 Å². The van der Waals surface area contributed by atoms with Gasteiger partial charge in [-0.1, -0.05) is 32.9 Å². The fraction of sp³-hybridized carbons (Fsp3) is 0.820. The quantitative estimate of drug-likeness (QED) is 0.0993. The molecular formula is C50H82F2N6O13. The van der Waals surface area contributed by atoms with Crippen molar-refractivity contribution in [1.82, 2.24) is 24.8 Å². The van der Waals surface area contributed by atoms with Gasteiger partial charge < -0.3 is 59.0 Å². The zero-order valence-corrected chi connectivity index (χ0v) is 43.8. The molecule has 3 saturated heterocycles. The summed E-state index contributed by atoms with van der Waals surface area (Å²) < 4.78 is 63.0. The second kappa shape index (κ2) is 23.9. The first kappa shape index (κ1) is 58.5. The summed E-state index contributed by atoms with van der Waals surface area (Å²) in [5.41, 5.74) is -4.34. The van der Waals surface area contributed by atoms with Crippen LogP contribution in [-0.4, -0.2) is 186 Å². The van der Waals surface area contributed by atoms with E-state index in [9.17, 15) is 44.8 Å². The van der Waals surface area contributed by atoms with Crippen molar-refractivity contribution in [3.8, 4) is 0 Å². The van der Waals surface area contributed by atoms with Crippen molar-refractivity contribution in [3.63, 3.8) is 0 Å². The molecule has 0 radical (unpaired) electrons. The van der Waals surface area contributed by atoms with Crippen molar-refractivity contribution in [2.24, 2.45) is 23.7 Å². The minimum Gasteiger partial charge on any atom is -0.459 e. The van der Waals surface area contributed by atoms with E-state index in [0.717, 1.165) is 16.8 Å². The molecule has 21 heteroatoms. The number of esters is 1. The summed E-state index contributed by atoms with van der Waals surface area (Å²) in [6.07, 6.45) is -8.34. The number of rotatable bonds is 14. The smallest absolute Gasteiger partial charge is 0.309 e. The van der Waals surface area contributed by atoms with Crippen LogP contribution in [0.2, 0.25) is 0 Å². The Morgan fingerprint density at radius 3 is 2.27 bits per heavy atom. The van der Waals surface area contributed by atoms with E-state index in [-0.39, 0.29) is 42.9 Å². The van der Waals surface area contributed by atoms with Gasteiger partial charge in [-0.25, -0.2) is 13.5 Å². The summed E-state index contributed by atoms with van der Waals surface area (Å²) in [6.45, 7) is 17.1. The molecule has 2 unspecified atom stereocenters. The Kier molecular flexibility index (Phi) is 19.7. The highest BCUT2D eigenvalue weighted by Crippen LogP contribution is 2.45. The van der Waals surface area contributed by atoms with Crippen molar-refractivity contribution in [3.05, 3.63) is 51.8 Å². The van der Waals surface area contributed by atoms with E-state index in [1.165, 1.54) is 32.4 Å². The predicted molar refractivity (Wildman–Crippen MR) is 257 cm³/mol. The molecule has 1 aromatic heterocycles. The van der Waals surface area contributed by atoms with Crippen LogP contribution in [0, 0.1) is 33.8 Å². The van der Waals surface area contributed by atoms with E-state index in [4.69, 9.17) is 23.7 Å². The Morgan fingerprint density at radius 1 is 1.03 bits per heavy atom. The first-order valence-electron chi connectivity index (χ1n) is 25.1. The van der Waals surface area contributed by atoms with Gasteiger partial charge in [-0.2, -0.15) is 0 Å². The minimum absolute atomic E-state index is 0.0548. The molecule has 3 fully saturated rings. The number of aliphatic hydroxyl groups is 5. The number of alkyl halides is 2. The molecule has 1 aromatic carbocycles. The lowest BCUT2D eigenvalue weighted by molar-refractivity contribution is -0.384. The number of ether oxygens (including phenoxy) is 5. The molecular weight excluding hydrogens is 931 g/mol. The molecule has 0 bridgehead atoms. The number of aromatic nitrogens is 3. The molecule has 5 N–H and O–H groups in total. The van der Waals surface area contributed by atoms with Crippen molar-refractivity contribution >= 4 is 11.7 Å². The number of cyclic esters (lactones) is 1. The van der Waals surface area contributed by atoms with Gasteiger partial charge in [0, 0.05) is 69.4 Å². The number of halogens is 2. The van der Waals surface area contributed by atoms with Gasteiger partial charge in [0.15, 0.2) is 12.5 Å². The SMILES string of the molecule is CC[C@H]1OC(=O)[C@H](C)C([C@H]2C[C@@](C)(OC)[C@@H](O)[C@H](C)O2)[C@H](C)[C@@H](O[C@@H]2O[C@H](C)C[C@H](N(C)CCc3cn([C@H](CF)C(F)c4ccc([N+](=O)[O-])cc4)nn3)[C@H]2O)[C@](C)(O)C[C@@H](C)CN(C)[C@H](C)[C@@H](O)[C@]1(C)O. The second-order valence-electron chi connectivity index (χ2n) is 21.7. The Hall–Kier alpha value is -3.35. The normalized spacial score (nSPS) is 40.4. The Labute approximate surface area is 417 Å². The lowest BCUT2D eigenvalue weighted by Crippen LogP contribution is -2.62. The summed E-state index contributed by atoms with van der Waals surface area (Å²) >= 11 is 0. The van der Waals surface area contributed by atoms with Crippen LogP contribution < -0.4 is 0 Å². The van der Waals surface area contributed by atoms with E-state index in [1.54, 1.807) is 41.5 Å². The molecule has 3 aliphatic heterocycles. The number of non-ortho nitro benzene ring substituents is 1. The monoisotopic (exact) mass is 1010 g/mol. The third-order valence-electron chi connectivity index (χ3n) is 16.0. The lowest BCUT2D eigenvalue weighted by Gasteiger charge is -2.51. The Bertz CT molecular complexity index is 2040. The van der Waals surface area contributed by atoms with Crippen molar-refractivity contribution in [1.29, 1.82) is 0 Å². The summed E-state index contributed by atoms with van der Waals surface area (Å²) in [6, 6.07) is 2.28. The molecule has 5 rings (SSSR count). The van der Waals surface area contributed by atoms with Crippen molar-refractivity contribution in [2.75, 3.05) is 41.0 Å². The predicted octanol–water partition coefficient (Wildman–Crippen LogP) is 4.51. The number of hydrogen-bond donors (Lipinski definition) is 5. The third kappa shape index (κ3) is 13.1. The molecule has 4 heterocycles. The van der Waals surface area contributed by atoms with Crippen LogP contribution in [0.3, 0.4) is 0 Å². The fourth-order valence-corrected chi connectivity index (χ4v) is 11.5. The highest BCUT2D eigenvalue weighted by Gasteiger charge is 2.55. The van der Waals surface area contributed by atoms with Gasteiger partial charge in [-0.15, -0.1) is 5.10 Å². The molecule has 404 valence electrons. The summed E-state index contributed by atoms with van der Waals surface area (Å²) in [5.74, 6) is -3.41. The number of hydrogen-bond acceptors (Lipinski definition) is 17. The van der Waals surface area contributed by atoms with Crippen LogP contribution >= 0.6 is 0 Å². The maximum absolute atomic E-state index is 15.6. The Balaban J connectivity index is 1.45. The highest BCUT2D eigenvalue weighted by molar-refractivity contribution is 5.73. The lowest BCUT2D eigenvalue weighted by atomic mass is 9.68. The molecule has 3 aliphatic rings. The third-order valence-corrected chi connectivity index (χ3v) is 16.0. The van der Waals surface area contributed by atoms with Crippen LogP contribution in [-0.2, 0) is 34.9 Å². The standard InChI is InChI=1S/C50H82F2N6O13/c1-14-39-50(10,64)43(60)31(6)56(12)25-27(2)22-48(8,63)45(29(4)40(30(5)46(62)70-39)38-23-49(9,67-13)44(61)32(7)69-38)71-47-42(59)36(21-28(3)68-47)55(11)20-19-34-26-57(54-53-34)37(24-51)41(52)33-15-17-35(18-16-33)58(65)66/h15-18,26-32,36-45,47,59-61,63-64H,14,19-25H2,1-13H3/t27-,28-,29+,30-,31-,32+,36+,37-,38-,39-,40?,41?,42-,43-,44+,45-,47+,48-,49-,50-/m1/s1. The van der Waals surface area contributed by atoms with Crippen LogP contribution in [0.25, 0.3) is 0 Å². The van der Waals surface area contributed by atoms with Crippen LogP contribution in [0.1, 0.15) is 118 Å². The van der Waals surface area contributed by atoms with Gasteiger partial charge in [-0.3, -0.25) is 14.9 Å². The average Bonchev–Trinajstić information content (AvgIpc) is 3.78. The largest absolute Gasteiger partial charge is 0.459 e. The van der Waals surface area contributed by atoms with E-state index in [2.05, 4.69) is 10.3 Å². The number of likely N-dealkylation sites (N-methyl/N-ethyl adjacent to an activating group) is 2. The number of methoxy groups -OCH3 is 1. The highest BCUT2D eigenvalue weighted by atomic mass is 19.1. The summed E-state index contributed by atoms with van der Waals surface area (Å²) in [7, 11) is 5.13. The average molecular weight is 1010 g/mol. The molecule has 0 aliphatic carbocycles. The number of aliphatic hydroxyl groups excluding tert-OH is 3. The molecule has 19 nitrogen and oxygen atoms in total. The molecule has 0 amide bonds. The molecule has 71 heavy (non-hydrogen) atoms. The topological polar surface area (TPSA) is 245 Å². The first-order valence-corrected chi connectivity index (χ1v) is 25.1. The molecule has 2 aromatic rings. The fourth-order valence-electron chi connectivity index (χ4n) is 11.5. The van der Waals surface area contributed by atoms with Crippen molar-refractivity contribution < 1.29 is 67.7 Å². The molecule has 20 atom stereocenters. The molecule has 0 spiro atoms. The Morgan fingerprint density at radius 2 is 1.68 bits per heavy atom. The first-order chi connectivity index (χ1) is 33.1. The number of carbonyl (C=O) groups is 1. The van der Waals surface area contributed by atoms with E-state index in [1.807, 2.05) is 44.7 Å². The van der Waals surface area contributed by atoms with Crippen LogP contribution in [0.15, 0.2) is 30.5 Å². The maximum atomic E-state index is 15.6. The van der Waals surface area contributed by atoms with Gasteiger partial charge in [0.25, 0.3) is 5.69 Å². The minimum atomic E-state index is -1.87. The maximum Gasteiger partial charge on any atom is 0.309 e. The second-order valence-corrected chi connectivity index (χ2v) is 21.7. The zero-order valence-electron chi connectivity index (χ0n) is 43.8. The van der Waals surface area contributed by atoms with Gasteiger partial charge in [0.2, 0.25) is 0 Å². The number of nitrogens with zero attached hydrogens (tertiary/aromatic N) is 6. The van der Waals surface area contributed by atoms with E-state index < -0.39 is 132 Å². The zero-order chi connectivity index (χ0) is 53.1. The van der Waals surface area contributed by atoms with Gasteiger partial charge >= 0.3 is 5.97 Å². The number of nitro benzene ring substituents is 1. The van der Waals surface area contributed by atoms with Crippen molar-refractivity contribution in [2.45, 2.75) is 198 Å². The number of carbonyl (C=O) groups excluding carboxylic acids is 1. The molecule has 0 saturated carbocycles. The number of benzene rings is 1. The summed E-state index contributed by atoms with van der Waals surface area (Å²) in [5, 5.41) is 79.2. The number of nitro groups is 1. The summed E-state index contributed by atoms with van der Waals surface area (Å²) in [4.78, 5) is 28.9. The van der Waals surface area contributed by atoms with Gasteiger partial charge in [-0.05, 0) is 104 Å².